The Labute approximate surface area is 175 Å². The quantitative estimate of drug-likeness (QED) is 0.489. The molecule has 1 saturated heterocycles. The number of halogens is 1. The standard InChI is InChI=1S/C22H16FN7O/c23-15-7-4-8-16-17(15)22(31)30(14-5-2-1-3-6-14)20(28-16)13-9-29(10-13)21-18-19(25-11-24-18)26-12-27-21/h1-8,11-13H,9-10H2,(H,24,25,26,27). The molecule has 1 fully saturated rings. The zero-order valence-corrected chi connectivity index (χ0v) is 16.2. The van der Waals surface area contributed by atoms with Gasteiger partial charge in [0.2, 0.25) is 0 Å². The van der Waals surface area contributed by atoms with Crippen LogP contribution in [0.15, 0.2) is 66.0 Å². The van der Waals surface area contributed by atoms with Crippen molar-refractivity contribution < 1.29 is 4.39 Å². The molecule has 152 valence electrons. The lowest BCUT2D eigenvalue weighted by molar-refractivity contribution is 0.486. The first-order valence-corrected chi connectivity index (χ1v) is 9.86. The summed E-state index contributed by atoms with van der Waals surface area (Å²) in [7, 11) is 0. The number of fused-ring (bicyclic) bond motifs is 2. The van der Waals surface area contributed by atoms with E-state index in [1.54, 1.807) is 18.5 Å². The van der Waals surface area contributed by atoms with Crippen LogP contribution in [0.2, 0.25) is 0 Å². The molecule has 8 nitrogen and oxygen atoms in total. The molecule has 3 aromatic heterocycles. The number of H-pyrrole nitrogens is 1. The summed E-state index contributed by atoms with van der Waals surface area (Å²) in [5.74, 6) is 0.789. The zero-order chi connectivity index (χ0) is 20.9. The number of rotatable bonds is 3. The highest BCUT2D eigenvalue weighted by molar-refractivity contribution is 5.83. The summed E-state index contributed by atoms with van der Waals surface area (Å²) in [6.07, 6.45) is 3.08. The SMILES string of the molecule is O=c1c2c(F)cccc2nc(C2CN(c3ncnc4nc[nH]c34)C2)n1-c1ccccc1. The molecular weight excluding hydrogens is 397 g/mol. The van der Waals surface area contributed by atoms with Crippen LogP contribution in [0.4, 0.5) is 10.2 Å². The summed E-state index contributed by atoms with van der Waals surface area (Å²) in [5.41, 5.74) is 2.00. The first-order chi connectivity index (χ1) is 15.2. The van der Waals surface area contributed by atoms with Crippen LogP contribution in [0.25, 0.3) is 27.8 Å². The van der Waals surface area contributed by atoms with Gasteiger partial charge in [0.25, 0.3) is 5.56 Å². The largest absolute Gasteiger partial charge is 0.353 e. The van der Waals surface area contributed by atoms with Crippen LogP contribution in [0.5, 0.6) is 0 Å². The molecule has 1 N–H and O–H groups in total. The summed E-state index contributed by atoms with van der Waals surface area (Å²) in [4.78, 5) is 36.0. The lowest BCUT2D eigenvalue weighted by atomic mass is 9.98. The lowest BCUT2D eigenvalue weighted by Gasteiger charge is -2.40. The van der Waals surface area contributed by atoms with Gasteiger partial charge in [0, 0.05) is 13.1 Å². The monoisotopic (exact) mass is 413 g/mol. The van der Waals surface area contributed by atoms with Crippen molar-refractivity contribution in [1.29, 1.82) is 0 Å². The minimum Gasteiger partial charge on any atom is -0.353 e. The fraction of sp³-hybridized carbons (Fsp3) is 0.136. The number of imidazole rings is 1. The third-order valence-electron chi connectivity index (χ3n) is 5.64. The molecule has 0 amide bonds. The minimum atomic E-state index is -0.566. The Balaban J connectivity index is 1.46. The average Bonchev–Trinajstić information content (AvgIpc) is 3.23. The van der Waals surface area contributed by atoms with E-state index in [1.807, 2.05) is 30.3 Å². The Bertz CT molecular complexity index is 1490. The van der Waals surface area contributed by atoms with Gasteiger partial charge in [0.05, 0.1) is 23.4 Å². The van der Waals surface area contributed by atoms with Gasteiger partial charge in [-0.25, -0.2) is 24.3 Å². The van der Waals surface area contributed by atoms with E-state index < -0.39 is 11.4 Å². The maximum Gasteiger partial charge on any atom is 0.268 e. The molecule has 4 heterocycles. The highest BCUT2D eigenvalue weighted by Crippen LogP contribution is 2.33. The van der Waals surface area contributed by atoms with E-state index in [0.29, 0.717) is 35.8 Å². The molecule has 0 aliphatic carbocycles. The molecule has 0 atom stereocenters. The summed E-state index contributed by atoms with van der Waals surface area (Å²) in [6.45, 7) is 1.23. The normalized spacial score (nSPS) is 14.3. The molecule has 0 saturated carbocycles. The van der Waals surface area contributed by atoms with Crippen molar-refractivity contribution in [3.05, 3.63) is 83.2 Å². The van der Waals surface area contributed by atoms with Crippen LogP contribution < -0.4 is 10.5 Å². The van der Waals surface area contributed by atoms with Gasteiger partial charge < -0.3 is 9.88 Å². The number of anilines is 1. The van der Waals surface area contributed by atoms with Crippen LogP contribution in [0.1, 0.15) is 11.7 Å². The van der Waals surface area contributed by atoms with E-state index in [1.165, 1.54) is 17.0 Å². The summed E-state index contributed by atoms with van der Waals surface area (Å²) < 4.78 is 16.0. The van der Waals surface area contributed by atoms with Crippen molar-refractivity contribution in [2.24, 2.45) is 0 Å². The van der Waals surface area contributed by atoms with Gasteiger partial charge in [0.1, 0.15) is 28.9 Å². The fourth-order valence-corrected chi connectivity index (χ4v) is 4.11. The molecule has 9 heteroatoms. The first kappa shape index (κ1) is 17.7. The van der Waals surface area contributed by atoms with E-state index in [2.05, 4.69) is 24.8 Å². The third-order valence-corrected chi connectivity index (χ3v) is 5.64. The average molecular weight is 413 g/mol. The van der Waals surface area contributed by atoms with Crippen molar-refractivity contribution in [1.82, 2.24) is 29.5 Å². The summed E-state index contributed by atoms with van der Waals surface area (Å²) >= 11 is 0. The van der Waals surface area contributed by atoms with E-state index in [4.69, 9.17) is 4.98 Å². The van der Waals surface area contributed by atoms with Crippen LogP contribution in [0.3, 0.4) is 0 Å². The van der Waals surface area contributed by atoms with Gasteiger partial charge >= 0.3 is 0 Å². The van der Waals surface area contributed by atoms with Gasteiger partial charge in [-0.15, -0.1) is 0 Å². The molecule has 0 spiro atoms. The Hall–Kier alpha value is -4.14. The highest BCUT2D eigenvalue weighted by atomic mass is 19.1. The number of nitrogens with one attached hydrogen (secondary N) is 1. The van der Waals surface area contributed by atoms with E-state index in [-0.39, 0.29) is 11.3 Å². The van der Waals surface area contributed by atoms with Gasteiger partial charge in [-0.3, -0.25) is 9.36 Å². The van der Waals surface area contributed by atoms with Gasteiger partial charge in [0.15, 0.2) is 11.5 Å². The molecule has 1 aliphatic rings. The molecule has 31 heavy (non-hydrogen) atoms. The van der Waals surface area contributed by atoms with Crippen molar-refractivity contribution in [3.63, 3.8) is 0 Å². The fourth-order valence-electron chi connectivity index (χ4n) is 4.11. The maximum atomic E-state index is 14.5. The number of hydrogen-bond acceptors (Lipinski definition) is 6. The van der Waals surface area contributed by atoms with Crippen molar-refractivity contribution in [2.45, 2.75) is 5.92 Å². The molecule has 2 aromatic carbocycles. The molecule has 5 aromatic rings. The van der Waals surface area contributed by atoms with Gasteiger partial charge in [-0.2, -0.15) is 0 Å². The predicted octanol–water partition coefficient (Wildman–Crippen LogP) is 2.79. The number of benzene rings is 2. The third kappa shape index (κ3) is 2.70. The topological polar surface area (TPSA) is 92.6 Å². The molecular formula is C22H16FN7O. The van der Waals surface area contributed by atoms with E-state index in [0.717, 1.165) is 11.3 Å². The highest BCUT2D eigenvalue weighted by Gasteiger charge is 2.34. The van der Waals surface area contributed by atoms with Crippen LogP contribution in [-0.2, 0) is 0 Å². The number of nitrogens with zero attached hydrogens (tertiary/aromatic N) is 6. The van der Waals surface area contributed by atoms with Crippen LogP contribution in [0, 0.1) is 5.82 Å². The predicted molar refractivity (Wildman–Crippen MR) is 114 cm³/mol. The van der Waals surface area contributed by atoms with E-state index >= 15 is 0 Å². The number of para-hydroxylation sites is 1. The van der Waals surface area contributed by atoms with E-state index in [9.17, 15) is 9.18 Å². The second kappa shape index (κ2) is 6.69. The molecule has 0 radical (unpaired) electrons. The van der Waals surface area contributed by atoms with Crippen LogP contribution in [-0.4, -0.2) is 42.6 Å². The number of aromatic nitrogens is 6. The first-order valence-electron chi connectivity index (χ1n) is 9.86. The Kier molecular flexibility index (Phi) is 3.82. The summed E-state index contributed by atoms with van der Waals surface area (Å²) in [5, 5.41) is 0.00116. The van der Waals surface area contributed by atoms with Gasteiger partial charge in [-0.1, -0.05) is 24.3 Å². The second-order valence-corrected chi connectivity index (χ2v) is 7.48. The molecule has 6 rings (SSSR count). The lowest BCUT2D eigenvalue weighted by Crippen LogP contribution is -2.48. The number of aromatic amines is 1. The second-order valence-electron chi connectivity index (χ2n) is 7.48. The maximum absolute atomic E-state index is 14.5. The Morgan fingerprint density at radius 3 is 2.68 bits per heavy atom. The molecule has 0 bridgehead atoms. The zero-order valence-electron chi connectivity index (χ0n) is 16.2. The van der Waals surface area contributed by atoms with Crippen molar-refractivity contribution >= 4 is 27.9 Å². The Morgan fingerprint density at radius 1 is 1.00 bits per heavy atom. The van der Waals surface area contributed by atoms with Crippen LogP contribution >= 0.6 is 0 Å². The van der Waals surface area contributed by atoms with Gasteiger partial charge in [-0.05, 0) is 24.3 Å². The minimum absolute atomic E-state index is 0.00116. The number of hydrogen-bond donors (Lipinski definition) is 1. The Morgan fingerprint density at radius 2 is 1.84 bits per heavy atom. The molecule has 0 unspecified atom stereocenters. The van der Waals surface area contributed by atoms with Crippen molar-refractivity contribution in [3.8, 4) is 5.69 Å². The van der Waals surface area contributed by atoms with Crippen molar-refractivity contribution in [2.75, 3.05) is 18.0 Å². The molecule has 1 aliphatic heterocycles. The smallest absolute Gasteiger partial charge is 0.268 e. The summed E-state index contributed by atoms with van der Waals surface area (Å²) in [6, 6.07) is 13.8.